The predicted molar refractivity (Wildman–Crippen MR) is 128 cm³/mol. The lowest BCUT2D eigenvalue weighted by atomic mass is 9.87. The van der Waals surface area contributed by atoms with Gasteiger partial charge in [0.05, 0.1) is 6.04 Å². The molecule has 4 nitrogen and oxygen atoms in total. The van der Waals surface area contributed by atoms with Gasteiger partial charge in [0.2, 0.25) is 0 Å². The van der Waals surface area contributed by atoms with Crippen LogP contribution < -0.4 is 0 Å². The minimum Gasteiger partial charge on any atom is -0.478 e. The highest BCUT2D eigenvalue weighted by molar-refractivity contribution is 5.86. The van der Waals surface area contributed by atoms with Crippen molar-refractivity contribution in [1.82, 2.24) is 9.88 Å². The summed E-state index contributed by atoms with van der Waals surface area (Å²) in [6.07, 6.45) is 2.61. The minimum atomic E-state index is -1.21. The Morgan fingerprint density at radius 1 is 1.06 bits per heavy atom. The summed E-state index contributed by atoms with van der Waals surface area (Å²) >= 11 is 0. The molecule has 1 aliphatic rings. The molecule has 0 bridgehead atoms. The molecular formula is C28H23F3N2O2. The summed E-state index contributed by atoms with van der Waals surface area (Å²) in [5.74, 6) is -3.18. The van der Waals surface area contributed by atoms with Crippen LogP contribution in [0.5, 0.6) is 0 Å². The van der Waals surface area contributed by atoms with E-state index in [1.54, 1.807) is 18.2 Å². The van der Waals surface area contributed by atoms with Crippen molar-refractivity contribution in [2.75, 3.05) is 0 Å². The van der Waals surface area contributed by atoms with Crippen LogP contribution in [-0.4, -0.2) is 27.0 Å². The Labute approximate surface area is 200 Å². The second-order valence-electron chi connectivity index (χ2n) is 8.85. The van der Waals surface area contributed by atoms with Gasteiger partial charge in [-0.2, -0.15) is 0 Å². The van der Waals surface area contributed by atoms with Crippen LogP contribution in [0.4, 0.5) is 13.2 Å². The number of aliphatic carboxylic acids is 1. The van der Waals surface area contributed by atoms with Gasteiger partial charge in [-0.25, -0.2) is 18.0 Å². The predicted octanol–water partition coefficient (Wildman–Crippen LogP) is 6.22. The van der Waals surface area contributed by atoms with Crippen molar-refractivity contribution < 1.29 is 23.1 Å². The molecule has 0 fully saturated rings. The number of hydrogen-bond acceptors (Lipinski definition) is 2. The van der Waals surface area contributed by atoms with Crippen molar-refractivity contribution in [3.63, 3.8) is 0 Å². The van der Waals surface area contributed by atoms with Crippen LogP contribution in [0.25, 0.3) is 17.0 Å². The Morgan fingerprint density at radius 2 is 1.74 bits per heavy atom. The highest BCUT2D eigenvalue weighted by atomic mass is 19.1. The van der Waals surface area contributed by atoms with Gasteiger partial charge in [0.25, 0.3) is 0 Å². The first-order valence-electron chi connectivity index (χ1n) is 11.3. The average molecular weight is 476 g/mol. The SMILES string of the molecule is C[C@@H]1Cc2c([nH]c3ccccc23)[C@@H](c2c(F)cc(/C=C/C(=O)O)cc2F)N1Cc1ccccc1F. The molecule has 3 aromatic carbocycles. The number of carboxylic acids is 1. The highest BCUT2D eigenvalue weighted by Crippen LogP contribution is 2.43. The zero-order chi connectivity index (χ0) is 24.7. The molecule has 0 saturated heterocycles. The topological polar surface area (TPSA) is 56.3 Å². The molecule has 4 aromatic rings. The van der Waals surface area contributed by atoms with E-state index < -0.39 is 23.6 Å². The second-order valence-corrected chi connectivity index (χ2v) is 8.85. The lowest BCUT2D eigenvalue weighted by molar-refractivity contribution is -0.131. The number of aromatic nitrogens is 1. The third-order valence-electron chi connectivity index (χ3n) is 6.62. The fraction of sp³-hybridized carbons (Fsp3) is 0.179. The molecule has 0 amide bonds. The van der Waals surface area contributed by atoms with E-state index in [1.165, 1.54) is 6.07 Å². The summed E-state index contributed by atoms with van der Waals surface area (Å²) < 4.78 is 45.7. The van der Waals surface area contributed by atoms with Gasteiger partial charge >= 0.3 is 5.97 Å². The Hall–Kier alpha value is -3.84. The first kappa shape index (κ1) is 22.9. The number of hydrogen-bond donors (Lipinski definition) is 2. The smallest absolute Gasteiger partial charge is 0.328 e. The molecule has 0 aliphatic carbocycles. The Balaban J connectivity index is 1.69. The van der Waals surface area contributed by atoms with Crippen LogP contribution in [0.1, 0.15) is 40.9 Å². The van der Waals surface area contributed by atoms with E-state index in [0.29, 0.717) is 17.7 Å². The van der Waals surface area contributed by atoms with Gasteiger partial charge in [0.1, 0.15) is 17.5 Å². The van der Waals surface area contributed by atoms with E-state index in [4.69, 9.17) is 5.11 Å². The summed E-state index contributed by atoms with van der Waals surface area (Å²) in [5, 5.41) is 9.85. The number of H-pyrrole nitrogens is 1. The zero-order valence-electron chi connectivity index (χ0n) is 18.9. The van der Waals surface area contributed by atoms with E-state index in [2.05, 4.69) is 4.98 Å². The van der Waals surface area contributed by atoms with E-state index >= 15 is 8.78 Å². The van der Waals surface area contributed by atoms with Crippen molar-refractivity contribution in [2.45, 2.75) is 32.0 Å². The van der Waals surface area contributed by atoms with Gasteiger partial charge < -0.3 is 10.1 Å². The maximum Gasteiger partial charge on any atom is 0.328 e. The van der Waals surface area contributed by atoms with Crippen molar-refractivity contribution in [3.8, 4) is 0 Å². The molecule has 0 saturated carbocycles. The van der Waals surface area contributed by atoms with Crippen molar-refractivity contribution >= 4 is 22.9 Å². The minimum absolute atomic E-state index is 0.104. The molecule has 2 heterocycles. The van der Waals surface area contributed by atoms with Crippen LogP contribution in [0.15, 0.2) is 66.7 Å². The van der Waals surface area contributed by atoms with E-state index in [0.717, 1.165) is 40.8 Å². The molecular weight excluding hydrogens is 453 g/mol. The first-order chi connectivity index (χ1) is 16.8. The monoisotopic (exact) mass is 476 g/mol. The first-order valence-corrected chi connectivity index (χ1v) is 11.3. The van der Waals surface area contributed by atoms with Gasteiger partial charge in [-0.05, 0) is 54.8 Å². The Bertz CT molecular complexity index is 1440. The quantitative estimate of drug-likeness (QED) is 0.336. The fourth-order valence-electron chi connectivity index (χ4n) is 5.02. The van der Waals surface area contributed by atoms with Crippen molar-refractivity contribution in [2.24, 2.45) is 0 Å². The number of halogens is 3. The number of fused-ring (bicyclic) bond motifs is 3. The van der Waals surface area contributed by atoms with Crippen LogP contribution >= 0.6 is 0 Å². The van der Waals surface area contributed by atoms with Crippen LogP contribution in [0.3, 0.4) is 0 Å². The van der Waals surface area contributed by atoms with Crippen molar-refractivity contribution in [3.05, 3.63) is 112 Å². The second kappa shape index (κ2) is 9.07. The fourth-order valence-corrected chi connectivity index (χ4v) is 5.02. The molecule has 35 heavy (non-hydrogen) atoms. The molecule has 2 atom stereocenters. The molecule has 178 valence electrons. The number of carbonyl (C=O) groups is 1. The van der Waals surface area contributed by atoms with Gasteiger partial charge in [0, 0.05) is 46.4 Å². The van der Waals surface area contributed by atoms with Gasteiger partial charge in [-0.15, -0.1) is 0 Å². The third kappa shape index (κ3) is 4.23. The third-order valence-corrected chi connectivity index (χ3v) is 6.62. The van der Waals surface area contributed by atoms with Crippen molar-refractivity contribution in [1.29, 1.82) is 0 Å². The standard InChI is InChI=1S/C28H23F3N2O2/c1-16-12-20-19-7-3-5-9-24(19)32-27(20)28(33(16)15-18-6-2-4-8-21(18)29)26-22(30)13-17(14-23(26)31)10-11-25(34)35/h2-11,13-14,16,28,32H,12,15H2,1H3,(H,34,35)/b11-10+/t16-,28-/m1/s1. The largest absolute Gasteiger partial charge is 0.478 e. The van der Waals surface area contributed by atoms with E-state index in [-0.39, 0.29) is 29.5 Å². The molecule has 0 unspecified atom stereocenters. The molecule has 7 heteroatoms. The summed E-state index contributed by atoms with van der Waals surface area (Å²) in [7, 11) is 0. The number of carboxylic acid groups (broad SMARTS) is 1. The summed E-state index contributed by atoms with van der Waals surface area (Å²) in [6.45, 7) is 2.13. The summed E-state index contributed by atoms with van der Waals surface area (Å²) in [6, 6.07) is 15.4. The number of rotatable bonds is 5. The van der Waals surface area contributed by atoms with Gasteiger partial charge in [-0.1, -0.05) is 36.4 Å². The van der Waals surface area contributed by atoms with Crippen LogP contribution in [0, 0.1) is 17.5 Å². The molecule has 1 aromatic heterocycles. The lowest BCUT2D eigenvalue weighted by Crippen LogP contribution is -2.43. The number of nitrogens with one attached hydrogen (secondary N) is 1. The maximum absolute atomic E-state index is 15.6. The number of para-hydroxylation sites is 1. The van der Waals surface area contributed by atoms with Crippen LogP contribution in [-0.2, 0) is 17.8 Å². The molecule has 1 aliphatic heterocycles. The average Bonchev–Trinajstić information content (AvgIpc) is 3.18. The number of benzene rings is 3. The Morgan fingerprint density at radius 3 is 2.46 bits per heavy atom. The molecule has 5 rings (SSSR count). The Kier molecular flexibility index (Phi) is 5.94. The van der Waals surface area contributed by atoms with Gasteiger partial charge in [0.15, 0.2) is 0 Å². The summed E-state index contributed by atoms with van der Waals surface area (Å²) in [4.78, 5) is 16.1. The summed E-state index contributed by atoms with van der Waals surface area (Å²) in [5.41, 5.74) is 2.90. The molecule has 2 N–H and O–H groups in total. The number of aromatic amines is 1. The van der Waals surface area contributed by atoms with E-state index in [9.17, 15) is 9.18 Å². The lowest BCUT2D eigenvalue weighted by Gasteiger charge is -2.41. The zero-order valence-corrected chi connectivity index (χ0v) is 18.9. The van der Waals surface area contributed by atoms with E-state index in [1.807, 2.05) is 36.1 Å². The highest BCUT2D eigenvalue weighted by Gasteiger charge is 2.39. The van der Waals surface area contributed by atoms with Crippen LogP contribution in [0.2, 0.25) is 0 Å². The molecule has 0 radical (unpaired) electrons. The van der Waals surface area contributed by atoms with Gasteiger partial charge in [-0.3, -0.25) is 4.90 Å². The normalized spacial score (nSPS) is 18.3. The molecule has 0 spiro atoms. The number of nitrogens with zero attached hydrogens (tertiary/aromatic N) is 1. The maximum atomic E-state index is 15.6.